The predicted molar refractivity (Wildman–Crippen MR) is 64.3 cm³/mol. The first-order valence-corrected chi connectivity index (χ1v) is 6.19. The van der Waals surface area contributed by atoms with E-state index >= 15 is 0 Å². The van der Waals surface area contributed by atoms with Crippen molar-refractivity contribution in [1.29, 1.82) is 0 Å². The Kier molecular flexibility index (Phi) is 5.55. The molecule has 104 valence electrons. The van der Waals surface area contributed by atoms with Crippen LogP contribution >= 0.6 is 0 Å². The first kappa shape index (κ1) is 14.9. The number of hydrogen-bond donors (Lipinski definition) is 2. The Morgan fingerprint density at radius 1 is 1.56 bits per heavy atom. The van der Waals surface area contributed by atoms with E-state index in [0.717, 1.165) is 6.42 Å². The molecule has 6 heteroatoms. The second kappa shape index (κ2) is 6.70. The third-order valence-electron chi connectivity index (χ3n) is 3.07. The number of rotatable bonds is 7. The smallest absolute Gasteiger partial charge is 0.305 e. The number of carboxylic acids is 1. The molecule has 0 spiro atoms. The molecule has 1 heterocycles. The molecule has 0 aromatic heterocycles. The fourth-order valence-electron chi connectivity index (χ4n) is 1.85. The highest BCUT2D eigenvalue weighted by atomic mass is 16.5. The van der Waals surface area contributed by atoms with Crippen LogP contribution < -0.4 is 5.32 Å². The average molecular weight is 259 g/mol. The topological polar surface area (TPSA) is 84.9 Å². The summed E-state index contributed by atoms with van der Waals surface area (Å²) >= 11 is 0. The van der Waals surface area contributed by atoms with Crippen LogP contribution in [0, 0.1) is 0 Å². The Labute approximate surface area is 107 Å². The Morgan fingerprint density at radius 2 is 2.28 bits per heavy atom. The van der Waals surface area contributed by atoms with Gasteiger partial charge in [-0.25, -0.2) is 0 Å². The lowest BCUT2D eigenvalue weighted by atomic mass is 9.94. The number of hydrogen-bond acceptors (Lipinski definition) is 4. The number of nitrogens with one attached hydrogen (secondary N) is 1. The van der Waals surface area contributed by atoms with Gasteiger partial charge in [0, 0.05) is 6.61 Å². The summed E-state index contributed by atoms with van der Waals surface area (Å²) in [7, 11) is 0. The van der Waals surface area contributed by atoms with Crippen LogP contribution in [0.4, 0.5) is 0 Å². The third-order valence-corrected chi connectivity index (χ3v) is 3.07. The minimum atomic E-state index is -0.941. The first-order chi connectivity index (χ1) is 8.47. The van der Waals surface area contributed by atoms with Crippen molar-refractivity contribution >= 4 is 11.9 Å². The van der Waals surface area contributed by atoms with Gasteiger partial charge in [-0.1, -0.05) is 6.92 Å². The van der Waals surface area contributed by atoms with Gasteiger partial charge < -0.3 is 19.9 Å². The summed E-state index contributed by atoms with van der Waals surface area (Å²) < 4.78 is 10.5. The zero-order chi connectivity index (χ0) is 13.6. The maximum absolute atomic E-state index is 11.7. The molecule has 0 saturated carbocycles. The number of carbonyl (C=O) groups is 2. The molecule has 18 heavy (non-hydrogen) atoms. The highest BCUT2D eigenvalue weighted by Gasteiger charge is 2.38. The van der Waals surface area contributed by atoms with Crippen LogP contribution in [-0.2, 0) is 19.1 Å². The zero-order valence-corrected chi connectivity index (χ0v) is 10.9. The minimum absolute atomic E-state index is 0.0194. The van der Waals surface area contributed by atoms with E-state index in [0.29, 0.717) is 13.0 Å². The summed E-state index contributed by atoms with van der Waals surface area (Å²) in [6.45, 7) is 4.53. The highest BCUT2D eigenvalue weighted by molar-refractivity contribution is 5.79. The average Bonchev–Trinajstić information content (AvgIpc) is 2.73. The molecule has 2 N–H and O–H groups in total. The quantitative estimate of drug-likeness (QED) is 0.697. The first-order valence-electron chi connectivity index (χ1n) is 6.19. The number of ether oxygens (including phenoxy) is 2. The van der Waals surface area contributed by atoms with Crippen molar-refractivity contribution in [3.05, 3.63) is 0 Å². The molecular weight excluding hydrogens is 238 g/mol. The molecule has 2 atom stereocenters. The Morgan fingerprint density at radius 3 is 2.78 bits per heavy atom. The predicted octanol–water partition coefficient (Wildman–Crippen LogP) is 0.551. The number of amides is 1. The molecule has 1 rings (SSSR count). The molecular formula is C12H21NO5. The van der Waals surface area contributed by atoms with Crippen LogP contribution in [0.25, 0.3) is 0 Å². The lowest BCUT2D eigenvalue weighted by Gasteiger charge is -2.27. The van der Waals surface area contributed by atoms with Gasteiger partial charge in [-0.15, -0.1) is 0 Å². The van der Waals surface area contributed by atoms with E-state index in [1.54, 1.807) is 0 Å². The van der Waals surface area contributed by atoms with Gasteiger partial charge in [0.05, 0.1) is 24.7 Å². The van der Waals surface area contributed by atoms with Crippen molar-refractivity contribution < 1.29 is 24.2 Å². The Hall–Kier alpha value is -1.14. The van der Waals surface area contributed by atoms with Crippen LogP contribution in [-0.4, -0.2) is 48.4 Å². The van der Waals surface area contributed by atoms with E-state index in [-0.39, 0.29) is 31.6 Å². The highest BCUT2D eigenvalue weighted by Crippen LogP contribution is 2.22. The fraction of sp³-hybridized carbons (Fsp3) is 0.833. The van der Waals surface area contributed by atoms with Crippen LogP contribution in [0.5, 0.6) is 0 Å². The van der Waals surface area contributed by atoms with Crippen LogP contribution in [0.15, 0.2) is 0 Å². The van der Waals surface area contributed by atoms with Gasteiger partial charge >= 0.3 is 5.97 Å². The van der Waals surface area contributed by atoms with Gasteiger partial charge in [-0.2, -0.15) is 0 Å². The normalized spacial score (nSPS) is 24.8. The summed E-state index contributed by atoms with van der Waals surface area (Å²) in [6.07, 6.45) is 1.25. The number of carbonyl (C=O) groups excluding carboxylic acids is 1. The van der Waals surface area contributed by atoms with Gasteiger partial charge in [-0.05, 0) is 19.8 Å². The molecule has 1 amide bonds. The van der Waals surface area contributed by atoms with E-state index in [4.69, 9.17) is 14.6 Å². The summed E-state index contributed by atoms with van der Waals surface area (Å²) in [4.78, 5) is 22.5. The number of carboxylic acid groups (broad SMARTS) is 1. The molecule has 0 radical (unpaired) electrons. The molecule has 0 aromatic carbocycles. The summed E-state index contributed by atoms with van der Waals surface area (Å²) in [6, 6.07) is 0. The van der Waals surface area contributed by atoms with Crippen LogP contribution in [0.1, 0.15) is 33.1 Å². The fourth-order valence-corrected chi connectivity index (χ4v) is 1.85. The van der Waals surface area contributed by atoms with Gasteiger partial charge in [0.2, 0.25) is 5.91 Å². The molecule has 2 unspecified atom stereocenters. The monoisotopic (exact) mass is 259 g/mol. The Bertz CT molecular complexity index is 299. The second-order valence-electron chi connectivity index (χ2n) is 4.73. The van der Waals surface area contributed by atoms with Crippen LogP contribution in [0.3, 0.4) is 0 Å². The molecule has 1 aliphatic heterocycles. The van der Waals surface area contributed by atoms with E-state index in [2.05, 4.69) is 5.32 Å². The SMILES string of the molecule is CCC(C)OCC(=O)NC1(CC(=O)O)CCOC1. The standard InChI is InChI=1S/C12H21NO5/c1-3-9(2)18-7-10(14)13-12(6-11(15)16)4-5-17-8-12/h9H,3-8H2,1-2H3,(H,13,14)(H,15,16). The van der Waals surface area contributed by atoms with E-state index < -0.39 is 11.5 Å². The van der Waals surface area contributed by atoms with Gasteiger partial charge in [0.25, 0.3) is 0 Å². The van der Waals surface area contributed by atoms with Crippen molar-refractivity contribution in [3.63, 3.8) is 0 Å². The van der Waals surface area contributed by atoms with E-state index in [1.807, 2.05) is 13.8 Å². The maximum atomic E-state index is 11.7. The minimum Gasteiger partial charge on any atom is -0.481 e. The van der Waals surface area contributed by atoms with Crippen molar-refractivity contribution in [3.8, 4) is 0 Å². The van der Waals surface area contributed by atoms with E-state index in [1.165, 1.54) is 0 Å². The van der Waals surface area contributed by atoms with Gasteiger partial charge in [0.15, 0.2) is 0 Å². The van der Waals surface area contributed by atoms with E-state index in [9.17, 15) is 9.59 Å². The number of aliphatic carboxylic acids is 1. The molecule has 0 aliphatic carbocycles. The van der Waals surface area contributed by atoms with Gasteiger partial charge in [-0.3, -0.25) is 9.59 Å². The Balaban J connectivity index is 2.46. The molecule has 0 aromatic rings. The van der Waals surface area contributed by atoms with Gasteiger partial charge in [0.1, 0.15) is 6.61 Å². The molecule has 1 fully saturated rings. The van der Waals surface area contributed by atoms with Crippen LogP contribution in [0.2, 0.25) is 0 Å². The lowest BCUT2D eigenvalue weighted by Crippen LogP contribution is -2.51. The molecule has 0 bridgehead atoms. The largest absolute Gasteiger partial charge is 0.481 e. The van der Waals surface area contributed by atoms with Crippen molar-refractivity contribution in [1.82, 2.24) is 5.32 Å². The third kappa shape index (κ3) is 4.62. The lowest BCUT2D eigenvalue weighted by molar-refractivity contribution is -0.139. The zero-order valence-electron chi connectivity index (χ0n) is 10.9. The van der Waals surface area contributed by atoms with Crippen molar-refractivity contribution in [2.45, 2.75) is 44.8 Å². The summed E-state index contributed by atoms with van der Waals surface area (Å²) in [5.74, 6) is -1.23. The van der Waals surface area contributed by atoms with Crippen molar-refractivity contribution in [2.75, 3.05) is 19.8 Å². The molecule has 6 nitrogen and oxygen atoms in total. The summed E-state index contributed by atoms with van der Waals surface area (Å²) in [5, 5.41) is 11.6. The second-order valence-corrected chi connectivity index (χ2v) is 4.73. The molecule has 1 saturated heterocycles. The maximum Gasteiger partial charge on any atom is 0.305 e. The van der Waals surface area contributed by atoms with Crippen molar-refractivity contribution in [2.24, 2.45) is 0 Å². The summed E-state index contributed by atoms with van der Waals surface area (Å²) in [5.41, 5.74) is -0.776. The molecule has 1 aliphatic rings.